The summed E-state index contributed by atoms with van der Waals surface area (Å²) in [6.45, 7) is 0. The standard InChI is InChI=1S/C17H19FN2O/c1-19-16(12-6-8-15(21-2)14(18)10-12)13-7-5-11-4-3-9-20-17(11)13/h3-4,6,8-10,13,16,19H,5,7H2,1-2H3. The lowest BCUT2D eigenvalue weighted by molar-refractivity contribution is 0.384. The molecule has 0 spiro atoms. The number of benzene rings is 1. The number of ether oxygens (including phenoxy) is 1. The first-order valence-electron chi connectivity index (χ1n) is 7.19. The number of nitrogens with one attached hydrogen (secondary N) is 1. The van der Waals surface area contributed by atoms with E-state index < -0.39 is 0 Å². The Kier molecular flexibility index (Phi) is 3.88. The van der Waals surface area contributed by atoms with Crippen molar-refractivity contribution >= 4 is 0 Å². The maximum atomic E-state index is 14.0. The van der Waals surface area contributed by atoms with Crippen molar-refractivity contribution in [2.75, 3.05) is 14.2 Å². The minimum Gasteiger partial charge on any atom is -0.494 e. The van der Waals surface area contributed by atoms with Gasteiger partial charge in [0.25, 0.3) is 0 Å². The lowest BCUT2D eigenvalue weighted by Gasteiger charge is -2.24. The van der Waals surface area contributed by atoms with Crippen molar-refractivity contribution in [2.24, 2.45) is 0 Å². The molecule has 0 fully saturated rings. The molecule has 0 saturated carbocycles. The largest absolute Gasteiger partial charge is 0.494 e. The molecule has 0 radical (unpaired) electrons. The van der Waals surface area contributed by atoms with Gasteiger partial charge in [-0.2, -0.15) is 0 Å². The zero-order valence-corrected chi connectivity index (χ0v) is 12.3. The zero-order valence-electron chi connectivity index (χ0n) is 12.3. The Morgan fingerprint density at radius 1 is 1.38 bits per heavy atom. The van der Waals surface area contributed by atoms with E-state index in [1.54, 1.807) is 12.1 Å². The lowest BCUT2D eigenvalue weighted by atomic mass is 9.90. The summed E-state index contributed by atoms with van der Waals surface area (Å²) in [7, 11) is 3.39. The number of methoxy groups -OCH3 is 1. The van der Waals surface area contributed by atoms with Gasteiger partial charge >= 0.3 is 0 Å². The van der Waals surface area contributed by atoms with Gasteiger partial charge in [0.05, 0.1) is 7.11 Å². The van der Waals surface area contributed by atoms with Crippen LogP contribution in [0, 0.1) is 5.82 Å². The zero-order chi connectivity index (χ0) is 14.8. The summed E-state index contributed by atoms with van der Waals surface area (Å²) in [5, 5.41) is 3.32. The van der Waals surface area contributed by atoms with Gasteiger partial charge in [-0.25, -0.2) is 4.39 Å². The molecule has 2 atom stereocenters. The Balaban J connectivity index is 1.95. The minimum atomic E-state index is -0.325. The van der Waals surface area contributed by atoms with E-state index in [0.717, 1.165) is 24.1 Å². The van der Waals surface area contributed by atoms with Crippen molar-refractivity contribution in [1.29, 1.82) is 0 Å². The highest BCUT2D eigenvalue weighted by molar-refractivity contribution is 5.36. The van der Waals surface area contributed by atoms with Gasteiger partial charge in [0, 0.05) is 23.9 Å². The summed E-state index contributed by atoms with van der Waals surface area (Å²) in [6, 6.07) is 9.32. The fourth-order valence-corrected chi connectivity index (χ4v) is 3.24. The Morgan fingerprint density at radius 3 is 2.95 bits per heavy atom. The molecular weight excluding hydrogens is 267 g/mol. The molecule has 1 aliphatic carbocycles. The quantitative estimate of drug-likeness (QED) is 0.937. The fourth-order valence-electron chi connectivity index (χ4n) is 3.24. The molecule has 2 aromatic rings. The number of fused-ring (bicyclic) bond motifs is 1. The summed E-state index contributed by atoms with van der Waals surface area (Å²) >= 11 is 0. The van der Waals surface area contributed by atoms with Crippen LogP contribution in [0.3, 0.4) is 0 Å². The van der Waals surface area contributed by atoms with E-state index in [0.29, 0.717) is 0 Å². The van der Waals surface area contributed by atoms with Crippen molar-refractivity contribution < 1.29 is 9.13 Å². The number of halogens is 1. The molecule has 21 heavy (non-hydrogen) atoms. The van der Waals surface area contributed by atoms with Gasteiger partial charge in [-0.1, -0.05) is 12.1 Å². The number of pyridine rings is 1. The highest BCUT2D eigenvalue weighted by atomic mass is 19.1. The lowest BCUT2D eigenvalue weighted by Crippen LogP contribution is -2.23. The number of nitrogens with zero attached hydrogens (tertiary/aromatic N) is 1. The number of hydrogen-bond acceptors (Lipinski definition) is 3. The van der Waals surface area contributed by atoms with Crippen LogP contribution < -0.4 is 10.1 Å². The van der Waals surface area contributed by atoms with Gasteiger partial charge in [-0.05, 0) is 49.2 Å². The van der Waals surface area contributed by atoms with Crippen LogP contribution in [0.4, 0.5) is 4.39 Å². The smallest absolute Gasteiger partial charge is 0.165 e. The Hall–Kier alpha value is -1.94. The van der Waals surface area contributed by atoms with Crippen molar-refractivity contribution in [2.45, 2.75) is 24.8 Å². The van der Waals surface area contributed by atoms with Crippen LogP contribution in [0.1, 0.15) is 35.2 Å². The van der Waals surface area contributed by atoms with Crippen molar-refractivity contribution in [1.82, 2.24) is 10.3 Å². The summed E-state index contributed by atoms with van der Waals surface area (Å²) < 4.78 is 18.9. The Morgan fingerprint density at radius 2 is 2.24 bits per heavy atom. The average Bonchev–Trinajstić information content (AvgIpc) is 2.93. The molecule has 110 valence electrons. The van der Waals surface area contributed by atoms with E-state index in [-0.39, 0.29) is 23.5 Å². The second-order valence-corrected chi connectivity index (χ2v) is 5.35. The van der Waals surface area contributed by atoms with E-state index in [4.69, 9.17) is 4.74 Å². The SMILES string of the molecule is CNC(c1ccc(OC)c(F)c1)C1CCc2cccnc21. The molecule has 0 bridgehead atoms. The van der Waals surface area contributed by atoms with Crippen LogP contribution in [0.15, 0.2) is 36.5 Å². The third-order valence-corrected chi connectivity index (χ3v) is 4.25. The van der Waals surface area contributed by atoms with E-state index in [9.17, 15) is 4.39 Å². The number of likely N-dealkylation sites (N-methyl/N-ethyl adjacent to an activating group) is 1. The predicted octanol–water partition coefficient (Wildman–Crippen LogP) is 3.22. The van der Waals surface area contributed by atoms with Gasteiger partial charge in [0.1, 0.15) is 0 Å². The van der Waals surface area contributed by atoms with Crippen LogP contribution in [0.25, 0.3) is 0 Å². The fraction of sp³-hybridized carbons (Fsp3) is 0.353. The highest BCUT2D eigenvalue weighted by Crippen LogP contribution is 2.40. The normalized spacial score (nSPS) is 18.3. The molecule has 1 N–H and O–H groups in total. The second kappa shape index (κ2) is 5.82. The average molecular weight is 286 g/mol. The van der Waals surface area contributed by atoms with Crippen molar-refractivity contribution in [3.8, 4) is 5.75 Å². The summed E-state index contributed by atoms with van der Waals surface area (Å²) in [5.41, 5.74) is 3.36. The first-order valence-corrected chi connectivity index (χ1v) is 7.19. The molecule has 0 amide bonds. The van der Waals surface area contributed by atoms with Crippen LogP contribution in [-0.2, 0) is 6.42 Å². The summed E-state index contributed by atoms with van der Waals surface area (Å²) in [5.74, 6) is 0.229. The second-order valence-electron chi connectivity index (χ2n) is 5.35. The van der Waals surface area contributed by atoms with Gasteiger partial charge < -0.3 is 10.1 Å². The van der Waals surface area contributed by atoms with Crippen molar-refractivity contribution in [3.63, 3.8) is 0 Å². The van der Waals surface area contributed by atoms with Gasteiger partial charge in [0.15, 0.2) is 11.6 Å². The molecule has 0 saturated heterocycles. The highest BCUT2D eigenvalue weighted by Gasteiger charge is 2.31. The first-order chi connectivity index (χ1) is 10.2. The van der Waals surface area contributed by atoms with E-state index in [2.05, 4.69) is 16.4 Å². The third-order valence-electron chi connectivity index (χ3n) is 4.25. The first kappa shape index (κ1) is 14.0. The van der Waals surface area contributed by atoms with Crippen LogP contribution in [0.5, 0.6) is 5.75 Å². The van der Waals surface area contributed by atoms with E-state index in [1.807, 2.05) is 25.4 Å². The number of aryl methyl sites for hydroxylation is 1. The Labute approximate surface area is 124 Å². The van der Waals surface area contributed by atoms with Crippen LogP contribution >= 0.6 is 0 Å². The molecule has 4 heteroatoms. The molecule has 2 unspecified atom stereocenters. The molecule has 1 heterocycles. The number of rotatable bonds is 4. The Bertz CT molecular complexity index is 644. The predicted molar refractivity (Wildman–Crippen MR) is 80.1 cm³/mol. The van der Waals surface area contributed by atoms with E-state index >= 15 is 0 Å². The molecule has 1 aliphatic rings. The van der Waals surface area contributed by atoms with Crippen molar-refractivity contribution in [3.05, 3.63) is 59.2 Å². The van der Waals surface area contributed by atoms with Crippen LogP contribution in [0.2, 0.25) is 0 Å². The molecule has 1 aromatic heterocycles. The molecule has 0 aliphatic heterocycles. The maximum Gasteiger partial charge on any atom is 0.165 e. The maximum absolute atomic E-state index is 14.0. The summed E-state index contributed by atoms with van der Waals surface area (Å²) in [6.07, 6.45) is 3.90. The van der Waals surface area contributed by atoms with E-state index in [1.165, 1.54) is 12.7 Å². The molecular formula is C17H19FN2O. The van der Waals surface area contributed by atoms with Crippen LogP contribution in [-0.4, -0.2) is 19.1 Å². The monoisotopic (exact) mass is 286 g/mol. The summed E-state index contributed by atoms with van der Waals surface area (Å²) in [4.78, 5) is 4.53. The molecule has 3 rings (SSSR count). The number of hydrogen-bond donors (Lipinski definition) is 1. The molecule has 1 aromatic carbocycles. The number of aromatic nitrogens is 1. The van der Waals surface area contributed by atoms with Gasteiger partial charge in [-0.15, -0.1) is 0 Å². The van der Waals surface area contributed by atoms with Gasteiger partial charge in [0.2, 0.25) is 0 Å². The topological polar surface area (TPSA) is 34.1 Å². The minimum absolute atomic E-state index is 0.0570. The third kappa shape index (κ3) is 2.51. The molecule has 3 nitrogen and oxygen atoms in total. The van der Waals surface area contributed by atoms with Gasteiger partial charge in [-0.3, -0.25) is 4.98 Å².